The molecule has 2 nitrogen and oxygen atoms in total. The largest absolute Gasteiger partial charge is 0.357 e. The molecule has 1 aliphatic rings. The van der Waals surface area contributed by atoms with Crippen molar-refractivity contribution in [1.82, 2.24) is 10.3 Å². The standard InChI is InChI=1S/C17H14F2N2/c18-10-5-6-14(19)13(9-10)16-17-12(7-8-20-16)11-3-1-2-4-15(11)21-17/h1-6,9,16,20-21H,7-8H2. The van der Waals surface area contributed by atoms with Crippen LogP contribution in [0, 0.1) is 11.6 Å². The van der Waals surface area contributed by atoms with E-state index in [4.69, 9.17) is 0 Å². The highest BCUT2D eigenvalue weighted by Gasteiger charge is 2.27. The maximum Gasteiger partial charge on any atom is 0.128 e. The van der Waals surface area contributed by atoms with Crippen molar-refractivity contribution in [2.24, 2.45) is 0 Å². The maximum atomic E-state index is 14.1. The smallest absolute Gasteiger partial charge is 0.128 e. The monoisotopic (exact) mass is 284 g/mol. The van der Waals surface area contributed by atoms with Crippen LogP contribution in [-0.4, -0.2) is 11.5 Å². The van der Waals surface area contributed by atoms with Gasteiger partial charge in [-0.15, -0.1) is 0 Å². The number of nitrogens with one attached hydrogen (secondary N) is 2. The molecule has 1 unspecified atom stereocenters. The Morgan fingerprint density at radius 2 is 1.90 bits per heavy atom. The van der Waals surface area contributed by atoms with Crippen molar-refractivity contribution < 1.29 is 8.78 Å². The van der Waals surface area contributed by atoms with E-state index < -0.39 is 5.82 Å². The Hall–Kier alpha value is -2.20. The topological polar surface area (TPSA) is 27.8 Å². The van der Waals surface area contributed by atoms with Gasteiger partial charge in [-0.05, 0) is 36.2 Å². The van der Waals surface area contributed by atoms with Gasteiger partial charge in [-0.2, -0.15) is 0 Å². The van der Waals surface area contributed by atoms with Gasteiger partial charge in [0.1, 0.15) is 11.6 Å². The third-order valence-electron chi connectivity index (χ3n) is 4.13. The number of benzene rings is 2. The normalized spacial score (nSPS) is 17.9. The molecule has 4 heteroatoms. The van der Waals surface area contributed by atoms with Gasteiger partial charge in [0.2, 0.25) is 0 Å². The van der Waals surface area contributed by atoms with Crippen molar-refractivity contribution in [1.29, 1.82) is 0 Å². The average molecular weight is 284 g/mol. The highest BCUT2D eigenvalue weighted by atomic mass is 19.1. The Morgan fingerprint density at radius 3 is 2.81 bits per heavy atom. The summed E-state index contributed by atoms with van der Waals surface area (Å²) in [5.41, 5.74) is 3.51. The van der Waals surface area contributed by atoms with Crippen molar-refractivity contribution >= 4 is 10.9 Å². The highest BCUT2D eigenvalue weighted by molar-refractivity contribution is 5.85. The molecule has 0 saturated carbocycles. The van der Waals surface area contributed by atoms with Crippen LogP contribution < -0.4 is 5.32 Å². The number of hydrogen-bond donors (Lipinski definition) is 2. The zero-order chi connectivity index (χ0) is 14.4. The zero-order valence-electron chi connectivity index (χ0n) is 11.3. The molecular weight excluding hydrogens is 270 g/mol. The minimum absolute atomic E-state index is 0.336. The molecule has 0 bridgehead atoms. The molecule has 0 aliphatic carbocycles. The fourth-order valence-electron chi connectivity index (χ4n) is 3.18. The summed E-state index contributed by atoms with van der Waals surface area (Å²) < 4.78 is 27.6. The van der Waals surface area contributed by atoms with E-state index in [0.29, 0.717) is 5.56 Å². The van der Waals surface area contributed by atoms with Crippen molar-refractivity contribution in [3.8, 4) is 0 Å². The number of fused-ring (bicyclic) bond motifs is 3. The second-order valence-electron chi connectivity index (χ2n) is 5.37. The molecule has 1 aliphatic heterocycles. The van der Waals surface area contributed by atoms with Crippen LogP contribution in [0.25, 0.3) is 10.9 Å². The van der Waals surface area contributed by atoms with Crippen LogP contribution in [0.3, 0.4) is 0 Å². The molecule has 0 fully saturated rings. The number of rotatable bonds is 1. The molecule has 106 valence electrons. The van der Waals surface area contributed by atoms with Crippen LogP contribution >= 0.6 is 0 Å². The van der Waals surface area contributed by atoms with Crippen LogP contribution in [0.4, 0.5) is 8.78 Å². The summed E-state index contributed by atoms with van der Waals surface area (Å²) in [5.74, 6) is -0.808. The fraction of sp³-hybridized carbons (Fsp3) is 0.176. The first kappa shape index (κ1) is 12.5. The average Bonchev–Trinajstić information content (AvgIpc) is 2.88. The van der Waals surface area contributed by atoms with Crippen molar-refractivity contribution in [3.05, 3.63) is 70.9 Å². The van der Waals surface area contributed by atoms with E-state index >= 15 is 0 Å². The lowest BCUT2D eigenvalue weighted by Crippen LogP contribution is -2.31. The van der Waals surface area contributed by atoms with Crippen LogP contribution in [-0.2, 0) is 6.42 Å². The second kappa shape index (κ2) is 4.67. The predicted molar refractivity (Wildman–Crippen MR) is 78.2 cm³/mol. The molecule has 0 radical (unpaired) electrons. The Bertz CT molecular complexity index is 823. The number of aromatic nitrogens is 1. The minimum Gasteiger partial charge on any atom is -0.357 e. The molecule has 1 aromatic heterocycles. The number of para-hydroxylation sites is 1. The Morgan fingerprint density at radius 1 is 1.05 bits per heavy atom. The lowest BCUT2D eigenvalue weighted by molar-refractivity contribution is 0.514. The Balaban J connectivity index is 1.92. The lowest BCUT2D eigenvalue weighted by Gasteiger charge is -2.25. The molecule has 0 spiro atoms. The van der Waals surface area contributed by atoms with Crippen molar-refractivity contribution in [2.75, 3.05) is 6.54 Å². The SMILES string of the molecule is Fc1ccc(F)c(C2NCCc3c2[nH]c2ccccc32)c1. The molecule has 0 saturated heterocycles. The van der Waals surface area contributed by atoms with E-state index in [1.54, 1.807) is 0 Å². The minimum atomic E-state index is -0.420. The third kappa shape index (κ3) is 1.94. The molecule has 2 N–H and O–H groups in total. The summed E-state index contributed by atoms with van der Waals surface area (Å²) in [6, 6.07) is 11.3. The van der Waals surface area contributed by atoms with E-state index in [2.05, 4.69) is 16.4 Å². The molecular formula is C17H14F2N2. The van der Waals surface area contributed by atoms with Crippen LogP contribution in [0.15, 0.2) is 42.5 Å². The van der Waals surface area contributed by atoms with Gasteiger partial charge in [-0.25, -0.2) is 8.78 Å². The zero-order valence-corrected chi connectivity index (χ0v) is 11.3. The van der Waals surface area contributed by atoms with Crippen LogP contribution in [0.2, 0.25) is 0 Å². The first-order valence-electron chi connectivity index (χ1n) is 7.02. The quantitative estimate of drug-likeness (QED) is 0.701. The summed E-state index contributed by atoms with van der Waals surface area (Å²) in [5, 5.41) is 4.45. The first-order valence-corrected chi connectivity index (χ1v) is 7.02. The van der Waals surface area contributed by atoms with Gasteiger partial charge in [0.15, 0.2) is 0 Å². The number of halogens is 2. The van der Waals surface area contributed by atoms with Gasteiger partial charge >= 0.3 is 0 Å². The number of hydrogen-bond acceptors (Lipinski definition) is 1. The molecule has 21 heavy (non-hydrogen) atoms. The van der Waals surface area contributed by atoms with Gasteiger partial charge in [0.25, 0.3) is 0 Å². The molecule has 2 aromatic carbocycles. The maximum absolute atomic E-state index is 14.1. The van der Waals surface area contributed by atoms with Gasteiger partial charge in [0, 0.05) is 28.7 Å². The van der Waals surface area contributed by atoms with E-state index in [-0.39, 0.29) is 11.9 Å². The molecule has 4 rings (SSSR count). The first-order chi connectivity index (χ1) is 10.2. The van der Waals surface area contributed by atoms with Gasteiger partial charge in [0.05, 0.1) is 6.04 Å². The van der Waals surface area contributed by atoms with Gasteiger partial charge in [-0.3, -0.25) is 0 Å². The van der Waals surface area contributed by atoms with Crippen LogP contribution in [0.5, 0.6) is 0 Å². The fourth-order valence-corrected chi connectivity index (χ4v) is 3.18. The van der Waals surface area contributed by atoms with E-state index in [1.807, 2.05) is 18.2 Å². The molecule has 0 amide bonds. The van der Waals surface area contributed by atoms with E-state index in [9.17, 15) is 8.78 Å². The number of H-pyrrole nitrogens is 1. The molecule has 3 aromatic rings. The van der Waals surface area contributed by atoms with E-state index in [0.717, 1.165) is 35.6 Å². The highest BCUT2D eigenvalue weighted by Crippen LogP contribution is 2.34. The Kier molecular flexibility index (Phi) is 2.79. The van der Waals surface area contributed by atoms with Gasteiger partial charge in [-0.1, -0.05) is 18.2 Å². The summed E-state index contributed by atoms with van der Waals surface area (Å²) in [4.78, 5) is 3.36. The summed E-state index contributed by atoms with van der Waals surface area (Å²) in [6.45, 7) is 0.746. The molecule has 1 atom stereocenters. The number of aromatic amines is 1. The third-order valence-corrected chi connectivity index (χ3v) is 4.13. The van der Waals surface area contributed by atoms with Crippen molar-refractivity contribution in [2.45, 2.75) is 12.5 Å². The predicted octanol–water partition coefficient (Wildman–Crippen LogP) is 3.68. The second-order valence-corrected chi connectivity index (χ2v) is 5.37. The molecule has 2 heterocycles. The van der Waals surface area contributed by atoms with E-state index in [1.165, 1.54) is 17.7 Å². The van der Waals surface area contributed by atoms with Crippen molar-refractivity contribution in [3.63, 3.8) is 0 Å². The Labute approximate surface area is 120 Å². The summed E-state index contributed by atoms with van der Waals surface area (Å²) in [7, 11) is 0. The van der Waals surface area contributed by atoms with Crippen LogP contribution in [0.1, 0.15) is 22.9 Å². The van der Waals surface area contributed by atoms with Gasteiger partial charge < -0.3 is 10.3 Å². The lowest BCUT2D eigenvalue weighted by atomic mass is 9.94. The summed E-state index contributed by atoms with van der Waals surface area (Å²) in [6.07, 6.45) is 0.882. The summed E-state index contributed by atoms with van der Waals surface area (Å²) >= 11 is 0.